The number of hydrogen-bond acceptors (Lipinski definition) is 10. The number of ether oxygens (including phenoxy) is 2. The standard InChI is InChI=1S/C18H21N5O2.C11H15N3O/c1-2-13-9-21-16(10-20-13)17(24)22-14-6-3-12(4-7-14)5-8-15-11-25-18(19)23-15;12-9-4-1-8(2-5-9)3-6-10-7-15-11(13)14-10/h3-4,6-7,9-10,15H,2,5,8,11H2,1H3,(H2,19,23)(H,22,24);1-2,4-5,10H,3,6-7,12H2,(H2,13,14)/t15-;10-/m00/s1. The summed E-state index contributed by atoms with van der Waals surface area (Å²) in [6.45, 7) is 3.16. The molecule has 0 bridgehead atoms. The molecule has 0 spiro atoms. The number of aliphatic imine (C=N–C) groups is 2. The monoisotopic (exact) mass is 544 g/mol. The number of nitrogens with one attached hydrogen (secondary N) is 1. The van der Waals surface area contributed by atoms with E-state index in [4.69, 9.17) is 26.7 Å². The molecule has 40 heavy (non-hydrogen) atoms. The minimum Gasteiger partial charge on any atom is -0.463 e. The number of aryl methyl sites for hydroxylation is 3. The summed E-state index contributed by atoms with van der Waals surface area (Å²) < 4.78 is 10.2. The number of nitrogens with zero attached hydrogens (tertiary/aromatic N) is 4. The summed E-state index contributed by atoms with van der Waals surface area (Å²) in [5.74, 6) is -0.268. The lowest BCUT2D eigenvalue weighted by molar-refractivity contribution is 0.102. The van der Waals surface area contributed by atoms with Crippen LogP contribution in [0.25, 0.3) is 0 Å². The normalized spacial score (nSPS) is 17.5. The summed E-state index contributed by atoms with van der Waals surface area (Å²) in [6.07, 6.45) is 7.62. The Balaban J connectivity index is 0.000000210. The Morgan fingerprint density at radius 1 is 0.825 bits per heavy atom. The van der Waals surface area contributed by atoms with Gasteiger partial charge in [0.05, 0.1) is 24.0 Å². The topological polar surface area (TPSA) is 176 Å². The number of nitrogens with two attached hydrogens (primary N) is 3. The van der Waals surface area contributed by atoms with Crippen LogP contribution in [0, 0.1) is 0 Å². The van der Waals surface area contributed by atoms with Crippen LogP contribution in [0.2, 0.25) is 0 Å². The van der Waals surface area contributed by atoms with Gasteiger partial charge in [-0.1, -0.05) is 31.2 Å². The van der Waals surface area contributed by atoms with Crippen LogP contribution in [-0.4, -0.2) is 53.2 Å². The van der Waals surface area contributed by atoms with E-state index in [-0.39, 0.29) is 24.0 Å². The lowest BCUT2D eigenvalue weighted by Gasteiger charge is -2.08. The second-order valence-electron chi connectivity index (χ2n) is 9.58. The molecular weight excluding hydrogens is 508 g/mol. The molecule has 0 aliphatic carbocycles. The van der Waals surface area contributed by atoms with Gasteiger partial charge in [-0.15, -0.1) is 0 Å². The Morgan fingerprint density at radius 3 is 1.82 bits per heavy atom. The van der Waals surface area contributed by atoms with E-state index >= 15 is 0 Å². The molecule has 2 aliphatic rings. The van der Waals surface area contributed by atoms with Crippen molar-refractivity contribution >= 4 is 29.3 Å². The molecule has 0 unspecified atom stereocenters. The number of carbonyl (C=O) groups is 1. The van der Waals surface area contributed by atoms with Crippen molar-refractivity contribution in [2.24, 2.45) is 21.5 Å². The zero-order valence-electron chi connectivity index (χ0n) is 22.6. The predicted molar refractivity (Wildman–Crippen MR) is 156 cm³/mol. The molecule has 11 nitrogen and oxygen atoms in total. The van der Waals surface area contributed by atoms with Gasteiger partial charge in [-0.05, 0) is 67.5 Å². The molecule has 11 heteroatoms. The van der Waals surface area contributed by atoms with Crippen molar-refractivity contribution in [3.8, 4) is 0 Å². The van der Waals surface area contributed by atoms with E-state index in [1.54, 1.807) is 6.20 Å². The summed E-state index contributed by atoms with van der Waals surface area (Å²) >= 11 is 0. The SMILES string of the molecule is CCc1cnc(C(=O)Nc2ccc(CC[C@H]3COC(N)=N3)cc2)cn1.NC1=N[C@@H](CCc2ccc(N)cc2)CO1. The average molecular weight is 545 g/mol. The van der Waals surface area contributed by atoms with E-state index < -0.39 is 0 Å². The molecule has 210 valence electrons. The van der Waals surface area contributed by atoms with Gasteiger partial charge in [-0.25, -0.2) is 15.0 Å². The van der Waals surface area contributed by atoms with Crippen molar-refractivity contribution in [3.63, 3.8) is 0 Å². The molecule has 3 heterocycles. The van der Waals surface area contributed by atoms with Gasteiger partial charge in [0.1, 0.15) is 18.9 Å². The van der Waals surface area contributed by atoms with Gasteiger partial charge < -0.3 is 32.0 Å². The van der Waals surface area contributed by atoms with Crippen LogP contribution in [0.1, 0.15) is 47.1 Å². The van der Waals surface area contributed by atoms with Crippen molar-refractivity contribution < 1.29 is 14.3 Å². The van der Waals surface area contributed by atoms with E-state index in [1.165, 1.54) is 17.3 Å². The molecule has 1 amide bonds. The van der Waals surface area contributed by atoms with Crippen LogP contribution in [0.3, 0.4) is 0 Å². The van der Waals surface area contributed by atoms with Crippen molar-refractivity contribution in [2.75, 3.05) is 24.3 Å². The van der Waals surface area contributed by atoms with Crippen LogP contribution in [0.5, 0.6) is 0 Å². The molecule has 0 saturated heterocycles. The molecule has 1 aromatic heterocycles. The minimum atomic E-state index is -0.268. The smallest absolute Gasteiger partial charge is 0.282 e. The average Bonchev–Trinajstić information content (AvgIpc) is 3.60. The van der Waals surface area contributed by atoms with Crippen LogP contribution in [0.4, 0.5) is 11.4 Å². The number of carbonyl (C=O) groups excluding carboxylic acids is 1. The second kappa shape index (κ2) is 13.9. The van der Waals surface area contributed by atoms with Crippen molar-refractivity contribution in [2.45, 2.75) is 51.1 Å². The highest BCUT2D eigenvalue weighted by atomic mass is 16.5. The number of nitrogen functional groups attached to an aromatic ring is 1. The Labute approximate surface area is 233 Å². The Kier molecular flexibility index (Phi) is 9.87. The molecule has 0 saturated carbocycles. The van der Waals surface area contributed by atoms with E-state index in [9.17, 15) is 4.79 Å². The largest absolute Gasteiger partial charge is 0.463 e. The van der Waals surface area contributed by atoms with Gasteiger partial charge in [0, 0.05) is 17.6 Å². The van der Waals surface area contributed by atoms with Crippen LogP contribution in [0.15, 0.2) is 70.9 Å². The van der Waals surface area contributed by atoms with E-state index in [0.717, 1.165) is 49.2 Å². The van der Waals surface area contributed by atoms with E-state index in [1.807, 2.05) is 55.5 Å². The zero-order valence-corrected chi connectivity index (χ0v) is 22.6. The number of anilines is 2. The van der Waals surface area contributed by atoms with Gasteiger partial charge >= 0.3 is 0 Å². The summed E-state index contributed by atoms with van der Waals surface area (Å²) in [5, 5.41) is 2.83. The first-order chi connectivity index (χ1) is 19.4. The number of amidine groups is 2. The third-order valence-electron chi connectivity index (χ3n) is 6.49. The molecular formula is C29H36N8O3. The highest BCUT2D eigenvalue weighted by molar-refractivity contribution is 6.02. The number of amides is 1. The number of hydrogen-bond donors (Lipinski definition) is 4. The van der Waals surface area contributed by atoms with Gasteiger partial charge in [0.15, 0.2) is 0 Å². The fourth-order valence-electron chi connectivity index (χ4n) is 4.12. The molecule has 2 aliphatic heterocycles. The second-order valence-corrected chi connectivity index (χ2v) is 9.58. The summed E-state index contributed by atoms with van der Waals surface area (Å²) in [7, 11) is 0. The van der Waals surface area contributed by atoms with E-state index in [0.29, 0.717) is 24.9 Å². The maximum Gasteiger partial charge on any atom is 0.282 e. The highest BCUT2D eigenvalue weighted by Crippen LogP contribution is 2.16. The number of benzene rings is 2. The Morgan fingerprint density at radius 2 is 1.38 bits per heavy atom. The van der Waals surface area contributed by atoms with E-state index in [2.05, 4.69) is 25.3 Å². The van der Waals surface area contributed by atoms with Crippen molar-refractivity contribution in [3.05, 3.63) is 83.4 Å². The highest BCUT2D eigenvalue weighted by Gasteiger charge is 2.17. The third-order valence-corrected chi connectivity index (χ3v) is 6.49. The van der Waals surface area contributed by atoms with Crippen LogP contribution >= 0.6 is 0 Å². The fourth-order valence-corrected chi connectivity index (χ4v) is 4.12. The van der Waals surface area contributed by atoms with Crippen molar-refractivity contribution in [1.82, 2.24) is 9.97 Å². The van der Waals surface area contributed by atoms with Gasteiger partial charge in [0.2, 0.25) is 0 Å². The quantitative estimate of drug-likeness (QED) is 0.297. The number of rotatable bonds is 9. The fraction of sp³-hybridized carbons (Fsp3) is 0.345. The lowest BCUT2D eigenvalue weighted by Crippen LogP contribution is -2.14. The summed E-state index contributed by atoms with van der Waals surface area (Å²) in [4.78, 5) is 28.9. The minimum absolute atomic E-state index is 0.129. The first-order valence-corrected chi connectivity index (χ1v) is 13.4. The van der Waals surface area contributed by atoms with Gasteiger partial charge in [0.25, 0.3) is 18.0 Å². The molecule has 7 N–H and O–H groups in total. The molecule has 0 fully saturated rings. The number of aromatic nitrogens is 2. The first-order valence-electron chi connectivity index (χ1n) is 13.4. The summed E-state index contributed by atoms with van der Waals surface area (Å²) in [6, 6.07) is 16.6. The molecule has 0 radical (unpaired) electrons. The predicted octanol–water partition coefficient (Wildman–Crippen LogP) is 2.85. The van der Waals surface area contributed by atoms with Gasteiger partial charge in [-0.3, -0.25) is 9.78 Å². The lowest BCUT2D eigenvalue weighted by atomic mass is 10.1. The first kappa shape index (κ1) is 28.3. The zero-order chi connectivity index (χ0) is 28.3. The maximum atomic E-state index is 12.2. The molecule has 5 rings (SSSR count). The van der Waals surface area contributed by atoms with Gasteiger partial charge in [-0.2, -0.15) is 0 Å². The van der Waals surface area contributed by atoms with Crippen LogP contribution < -0.4 is 22.5 Å². The van der Waals surface area contributed by atoms with Crippen LogP contribution in [-0.2, 0) is 28.7 Å². The molecule has 2 atom stereocenters. The maximum absolute atomic E-state index is 12.2. The molecule has 2 aromatic carbocycles. The Bertz CT molecular complexity index is 1310. The Hall–Kier alpha value is -4.67. The third kappa shape index (κ3) is 8.69. The van der Waals surface area contributed by atoms with Crippen molar-refractivity contribution in [1.29, 1.82) is 0 Å². The summed E-state index contributed by atoms with van der Waals surface area (Å²) in [5.41, 5.74) is 21.7. The molecule has 3 aromatic rings.